The third kappa shape index (κ3) is 3.95. The second-order valence-electron chi connectivity index (χ2n) is 7.27. The Hall–Kier alpha value is -0.0800. The molecule has 2 nitrogen and oxygen atoms in total. The molecule has 1 saturated carbocycles. The molecular formula is C17H34N2. The monoisotopic (exact) mass is 266 g/mol. The van der Waals surface area contributed by atoms with E-state index in [1.165, 1.54) is 51.7 Å². The number of rotatable bonds is 4. The fourth-order valence-corrected chi connectivity index (χ4v) is 4.43. The average Bonchev–Trinajstić information content (AvgIpc) is 2.42. The van der Waals surface area contributed by atoms with Gasteiger partial charge in [0.25, 0.3) is 0 Å². The van der Waals surface area contributed by atoms with E-state index in [1.54, 1.807) is 0 Å². The van der Waals surface area contributed by atoms with E-state index < -0.39 is 0 Å². The minimum absolute atomic E-state index is 0.739. The molecule has 1 heterocycles. The second-order valence-corrected chi connectivity index (χ2v) is 7.27. The minimum atomic E-state index is 0.739. The zero-order valence-electron chi connectivity index (χ0n) is 13.5. The van der Waals surface area contributed by atoms with Crippen LogP contribution in [0, 0.1) is 23.7 Å². The van der Waals surface area contributed by atoms with Crippen molar-refractivity contribution >= 4 is 0 Å². The lowest BCUT2D eigenvalue weighted by molar-refractivity contribution is 0.0843. The fourth-order valence-electron chi connectivity index (χ4n) is 4.43. The normalized spacial score (nSPS) is 38.5. The van der Waals surface area contributed by atoms with Gasteiger partial charge < -0.3 is 10.2 Å². The van der Waals surface area contributed by atoms with Crippen molar-refractivity contribution in [3.63, 3.8) is 0 Å². The van der Waals surface area contributed by atoms with Gasteiger partial charge in [0.15, 0.2) is 0 Å². The molecule has 1 N–H and O–H groups in total. The van der Waals surface area contributed by atoms with Gasteiger partial charge in [0.05, 0.1) is 0 Å². The first-order chi connectivity index (χ1) is 9.13. The van der Waals surface area contributed by atoms with Crippen LogP contribution in [0.2, 0.25) is 0 Å². The molecule has 2 rings (SSSR count). The molecular weight excluding hydrogens is 232 g/mol. The van der Waals surface area contributed by atoms with E-state index in [0.29, 0.717) is 0 Å². The van der Waals surface area contributed by atoms with Crippen LogP contribution in [0.5, 0.6) is 0 Å². The Labute approximate surface area is 120 Å². The molecule has 0 aromatic carbocycles. The lowest BCUT2D eigenvalue weighted by atomic mass is 9.72. The highest BCUT2D eigenvalue weighted by molar-refractivity contribution is 4.89. The van der Waals surface area contributed by atoms with E-state index in [0.717, 1.165) is 29.7 Å². The molecule has 2 fully saturated rings. The van der Waals surface area contributed by atoms with Gasteiger partial charge in [-0.1, -0.05) is 27.2 Å². The summed E-state index contributed by atoms with van der Waals surface area (Å²) in [7, 11) is 2.16. The number of nitrogens with one attached hydrogen (secondary N) is 1. The zero-order chi connectivity index (χ0) is 13.8. The molecule has 0 amide bonds. The van der Waals surface area contributed by atoms with Crippen LogP contribution in [-0.4, -0.2) is 37.6 Å². The van der Waals surface area contributed by atoms with Gasteiger partial charge in [-0.05, 0) is 69.5 Å². The third-order valence-electron chi connectivity index (χ3n) is 5.80. The molecule has 4 atom stereocenters. The van der Waals surface area contributed by atoms with Crippen molar-refractivity contribution in [2.24, 2.45) is 23.7 Å². The lowest BCUT2D eigenvalue weighted by Crippen LogP contribution is -2.49. The summed E-state index contributed by atoms with van der Waals surface area (Å²) in [5.41, 5.74) is 0. The van der Waals surface area contributed by atoms with E-state index in [1.807, 2.05) is 0 Å². The predicted molar refractivity (Wildman–Crippen MR) is 83.4 cm³/mol. The molecule has 0 spiro atoms. The summed E-state index contributed by atoms with van der Waals surface area (Å²) in [6.07, 6.45) is 7.03. The van der Waals surface area contributed by atoms with Gasteiger partial charge in [0.1, 0.15) is 0 Å². The predicted octanol–water partition coefficient (Wildman–Crippen LogP) is 3.38. The SMILES string of the molecule is CCC1CCN(CC2C(C)CC(C)CC2NC)CC1. The van der Waals surface area contributed by atoms with Crippen LogP contribution in [0.3, 0.4) is 0 Å². The van der Waals surface area contributed by atoms with Crippen molar-refractivity contribution < 1.29 is 0 Å². The first-order valence-corrected chi connectivity index (χ1v) is 8.53. The Balaban J connectivity index is 1.86. The molecule has 2 heteroatoms. The van der Waals surface area contributed by atoms with Gasteiger partial charge in [-0.2, -0.15) is 0 Å². The van der Waals surface area contributed by atoms with Crippen LogP contribution in [0.25, 0.3) is 0 Å². The van der Waals surface area contributed by atoms with Crippen molar-refractivity contribution in [3.05, 3.63) is 0 Å². The summed E-state index contributed by atoms with van der Waals surface area (Å²) in [4.78, 5) is 2.74. The molecule has 19 heavy (non-hydrogen) atoms. The largest absolute Gasteiger partial charge is 0.317 e. The van der Waals surface area contributed by atoms with Crippen LogP contribution < -0.4 is 5.32 Å². The average molecular weight is 266 g/mol. The smallest absolute Gasteiger partial charge is 0.0110 e. The van der Waals surface area contributed by atoms with Gasteiger partial charge in [-0.25, -0.2) is 0 Å². The zero-order valence-corrected chi connectivity index (χ0v) is 13.5. The minimum Gasteiger partial charge on any atom is -0.317 e. The van der Waals surface area contributed by atoms with Crippen LogP contribution in [0.1, 0.15) is 52.9 Å². The molecule has 0 aromatic rings. The number of likely N-dealkylation sites (tertiary alicyclic amines) is 1. The van der Waals surface area contributed by atoms with Crippen LogP contribution in [0.15, 0.2) is 0 Å². The molecule has 0 radical (unpaired) electrons. The maximum Gasteiger partial charge on any atom is 0.0110 e. The number of hydrogen-bond donors (Lipinski definition) is 1. The number of nitrogens with zero attached hydrogens (tertiary/aromatic N) is 1. The van der Waals surface area contributed by atoms with Crippen molar-refractivity contribution in [1.29, 1.82) is 0 Å². The highest BCUT2D eigenvalue weighted by Crippen LogP contribution is 2.35. The van der Waals surface area contributed by atoms with Gasteiger partial charge in [-0.15, -0.1) is 0 Å². The van der Waals surface area contributed by atoms with Gasteiger partial charge in [-0.3, -0.25) is 0 Å². The molecule has 1 aliphatic carbocycles. The summed E-state index contributed by atoms with van der Waals surface area (Å²) in [6, 6.07) is 0.739. The summed E-state index contributed by atoms with van der Waals surface area (Å²) in [5.74, 6) is 3.64. The summed E-state index contributed by atoms with van der Waals surface area (Å²) in [6.45, 7) is 11.3. The van der Waals surface area contributed by atoms with E-state index in [9.17, 15) is 0 Å². The summed E-state index contributed by atoms with van der Waals surface area (Å²) < 4.78 is 0. The first kappa shape index (κ1) is 15.3. The van der Waals surface area contributed by atoms with Crippen molar-refractivity contribution in [3.8, 4) is 0 Å². The molecule has 0 aromatic heterocycles. The lowest BCUT2D eigenvalue weighted by Gasteiger charge is -2.43. The Morgan fingerprint density at radius 2 is 1.79 bits per heavy atom. The Morgan fingerprint density at radius 3 is 2.37 bits per heavy atom. The first-order valence-electron chi connectivity index (χ1n) is 8.53. The van der Waals surface area contributed by atoms with Crippen LogP contribution in [-0.2, 0) is 0 Å². The highest BCUT2D eigenvalue weighted by atomic mass is 15.1. The molecule has 1 saturated heterocycles. The molecule has 0 bridgehead atoms. The number of piperidine rings is 1. The quantitative estimate of drug-likeness (QED) is 0.839. The van der Waals surface area contributed by atoms with E-state index in [-0.39, 0.29) is 0 Å². The van der Waals surface area contributed by atoms with Gasteiger partial charge in [0, 0.05) is 12.6 Å². The standard InChI is InChI=1S/C17H34N2/c1-5-15-6-8-19(9-7-15)12-16-14(3)10-13(2)11-17(16)18-4/h13-18H,5-12H2,1-4H3. The van der Waals surface area contributed by atoms with Crippen LogP contribution >= 0.6 is 0 Å². The maximum atomic E-state index is 3.60. The summed E-state index contributed by atoms with van der Waals surface area (Å²) >= 11 is 0. The molecule has 112 valence electrons. The third-order valence-corrected chi connectivity index (χ3v) is 5.80. The molecule has 2 aliphatic rings. The Morgan fingerprint density at radius 1 is 1.11 bits per heavy atom. The van der Waals surface area contributed by atoms with Crippen molar-refractivity contribution in [1.82, 2.24) is 10.2 Å². The van der Waals surface area contributed by atoms with Gasteiger partial charge >= 0.3 is 0 Å². The maximum absolute atomic E-state index is 3.60. The Bertz CT molecular complexity index is 258. The molecule has 4 unspecified atom stereocenters. The van der Waals surface area contributed by atoms with Crippen LogP contribution in [0.4, 0.5) is 0 Å². The summed E-state index contributed by atoms with van der Waals surface area (Å²) in [5, 5.41) is 3.60. The second kappa shape index (κ2) is 7.08. The van der Waals surface area contributed by atoms with Crippen molar-refractivity contribution in [2.45, 2.75) is 58.9 Å². The Kier molecular flexibility index (Phi) is 5.70. The topological polar surface area (TPSA) is 15.3 Å². The van der Waals surface area contributed by atoms with E-state index in [2.05, 4.69) is 38.0 Å². The van der Waals surface area contributed by atoms with E-state index >= 15 is 0 Å². The van der Waals surface area contributed by atoms with E-state index in [4.69, 9.17) is 0 Å². The fraction of sp³-hybridized carbons (Fsp3) is 1.00. The van der Waals surface area contributed by atoms with Crippen molar-refractivity contribution in [2.75, 3.05) is 26.7 Å². The molecule has 1 aliphatic heterocycles. The highest BCUT2D eigenvalue weighted by Gasteiger charge is 2.34. The van der Waals surface area contributed by atoms with Gasteiger partial charge in [0.2, 0.25) is 0 Å². The number of hydrogen-bond acceptors (Lipinski definition) is 2.